The maximum Gasteiger partial charge on any atom is 0.202 e. The molecular weight excluding hydrogens is 875 g/mol. The summed E-state index contributed by atoms with van der Waals surface area (Å²) in [6, 6.07) is 6.78. The molecule has 2 atom stereocenters. The Morgan fingerprint density at radius 1 is 0.426 bits per heavy atom. The van der Waals surface area contributed by atoms with Crippen molar-refractivity contribution in [3.8, 4) is 0 Å². The fourth-order valence-corrected chi connectivity index (χ4v) is 18.3. The summed E-state index contributed by atoms with van der Waals surface area (Å²) in [5, 5.41) is 0.830. The van der Waals surface area contributed by atoms with Gasteiger partial charge in [-0.1, -0.05) is 35.4 Å². The van der Waals surface area contributed by atoms with Crippen molar-refractivity contribution in [2.45, 2.75) is 79.0 Å². The molecule has 6 rings (SSSR count). The summed E-state index contributed by atoms with van der Waals surface area (Å²) in [5.74, 6) is -46.5. The van der Waals surface area contributed by atoms with Crippen molar-refractivity contribution in [1.82, 2.24) is 0 Å². The number of rotatable bonds is 9. The van der Waals surface area contributed by atoms with E-state index in [0.717, 1.165) is 0 Å². The molecule has 2 unspecified atom stereocenters. The molecule has 1 fully saturated rings. The Bertz CT molecular complexity index is 2340. The summed E-state index contributed by atoms with van der Waals surface area (Å²) >= 11 is 0. The summed E-state index contributed by atoms with van der Waals surface area (Å²) in [6.07, 6.45) is -7.59. The molecule has 0 saturated carbocycles. The third kappa shape index (κ3) is 6.81. The van der Waals surface area contributed by atoms with E-state index in [1.807, 2.05) is 0 Å². The Morgan fingerprint density at radius 2 is 0.656 bits per heavy atom. The molecular formula is C42H35BF15OPSi. The summed E-state index contributed by atoms with van der Waals surface area (Å²) in [4.78, 5) is 0. The van der Waals surface area contributed by atoms with Gasteiger partial charge >= 0.3 is 0 Å². The number of hydrogen-bond donors (Lipinski definition) is 0. The zero-order chi connectivity index (χ0) is 45.9. The lowest BCUT2D eigenvalue weighted by Crippen LogP contribution is -2.73. The Kier molecular flexibility index (Phi) is 11.8. The maximum absolute atomic E-state index is 16.6. The zero-order valence-corrected chi connectivity index (χ0v) is 35.7. The second-order valence-corrected chi connectivity index (χ2v) is 24.8. The smallest absolute Gasteiger partial charge is 0.202 e. The summed E-state index contributed by atoms with van der Waals surface area (Å²) in [5.41, 5.74) is -6.18. The third-order valence-corrected chi connectivity index (χ3v) is 18.0. The summed E-state index contributed by atoms with van der Waals surface area (Å²) < 4.78 is 244. The van der Waals surface area contributed by atoms with Crippen molar-refractivity contribution in [1.29, 1.82) is 0 Å². The molecule has 19 heteroatoms. The van der Waals surface area contributed by atoms with Crippen LogP contribution in [0.1, 0.15) is 33.4 Å². The van der Waals surface area contributed by atoms with Crippen LogP contribution in [-0.4, -0.2) is 26.0 Å². The van der Waals surface area contributed by atoms with E-state index in [9.17, 15) is 13.2 Å². The molecule has 5 aromatic carbocycles. The van der Waals surface area contributed by atoms with Gasteiger partial charge < -0.3 is 4.43 Å². The molecule has 1 aliphatic heterocycles. The van der Waals surface area contributed by atoms with E-state index in [2.05, 4.69) is 0 Å². The Labute approximate surface area is 342 Å². The van der Waals surface area contributed by atoms with E-state index in [1.54, 1.807) is 85.4 Å². The molecule has 0 aliphatic carbocycles. The number of halogens is 15. The van der Waals surface area contributed by atoms with Crippen LogP contribution in [0.5, 0.6) is 0 Å². The molecule has 0 N–H and O–H groups in total. The van der Waals surface area contributed by atoms with Crippen molar-refractivity contribution in [2.75, 3.05) is 0 Å². The largest absolute Gasteiger partial charge is 0.381 e. The molecule has 61 heavy (non-hydrogen) atoms. The molecule has 1 aliphatic rings. The van der Waals surface area contributed by atoms with Gasteiger partial charge in [0.05, 0.1) is 0 Å². The average Bonchev–Trinajstić information content (AvgIpc) is 3.73. The van der Waals surface area contributed by atoms with Crippen LogP contribution in [0.15, 0.2) is 24.3 Å². The molecule has 0 aromatic heterocycles. The highest BCUT2D eigenvalue weighted by Crippen LogP contribution is 2.85. The number of aryl methyl sites for hydroxylation is 6. The standard InChI is InChI=1S/C42H35BF15OPSi/c1-15-10-17(3)40(18(4)11-15)60(41-19(5)12-16(2)13-20(41)6)21(42(60)59-61(7,8)9)14-43(22-25(44)31(50)37(56)32(51)26(22)45,23-27(46)33(52)38(57)34(53)28(23)47)24-29(48)35(54)39(58)36(55)30(24)49/h10-13,21,42H,14H2,1-9H3. The van der Waals surface area contributed by atoms with Gasteiger partial charge in [-0.05, 0) is 83.4 Å². The first-order chi connectivity index (χ1) is 28.1. The van der Waals surface area contributed by atoms with Gasteiger partial charge in [-0.2, -0.15) is 0 Å². The van der Waals surface area contributed by atoms with Gasteiger partial charge in [0.2, 0.25) is 5.85 Å². The van der Waals surface area contributed by atoms with Crippen molar-refractivity contribution in [2.24, 2.45) is 0 Å². The number of hydrogen-bond acceptors (Lipinski definition) is 1. The van der Waals surface area contributed by atoms with Crippen LogP contribution in [0, 0.1) is 129 Å². The third-order valence-electron chi connectivity index (χ3n) is 11.5. The van der Waals surface area contributed by atoms with Crippen LogP contribution in [0.3, 0.4) is 0 Å². The molecule has 0 amide bonds. The first kappa shape index (κ1) is 46.2. The van der Waals surface area contributed by atoms with Crippen LogP contribution >= 0.6 is 7.26 Å². The molecule has 326 valence electrons. The molecule has 0 bridgehead atoms. The van der Waals surface area contributed by atoms with Gasteiger partial charge in [-0.3, -0.25) is 0 Å². The SMILES string of the molecule is Cc1cc(C)c([P+]2(c3c(C)cc(C)cc3C)C(C[B-](c3c(F)c(F)c(F)c(F)c3F)(c3c(F)c(F)c(F)c(F)c3F)c3c(F)c(F)c(F)c(F)c3F)C2O[Si](C)(C)C)c(C)c1. The van der Waals surface area contributed by atoms with E-state index in [1.165, 1.54) is 0 Å². The zero-order valence-electron chi connectivity index (χ0n) is 33.8. The van der Waals surface area contributed by atoms with Crippen LogP contribution < -0.4 is 27.0 Å². The molecule has 0 radical (unpaired) electrons. The van der Waals surface area contributed by atoms with E-state index < -0.39 is 143 Å². The lowest BCUT2D eigenvalue weighted by molar-refractivity contribution is 0.311. The maximum atomic E-state index is 16.6. The molecule has 1 nitrogen and oxygen atoms in total. The van der Waals surface area contributed by atoms with Crippen molar-refractivity contribution >= 4 is 48.7 Å². The van der Waals surface area contributed by atoms with E-state index in [-0.39, 0.29) is 0 Å². The second-order valence-electron chi connectivity index (χ2n) is 16.7. The lowest BCUT2D eigenvalue weighted by atomic mass is 9.13. The topological polar surface area (TPSA) is 9.23 Å². The van der Waals surface area contributed by atoms with Crippen molar-refractivity contribution in [3.05, 3.63) is 145 Å². The van der Waals surface area contributed by atoms with E-state index in [4.69, 9.17) is 4.43 Å². The normalized spacial score (nSPS) is 16.5. The molecule has 1 heterocycles. The van der Waals surface area contributed by atoms with Crippen LogP contribution in [0.25, 0.3) is 0 Å². The highest BCUT2D eigenvalue weighted by Gasteiger charge is 2.79. The van der Waals surface area contributed by atoms with Crippen LogP contribution in [0.2, 0.25) is 26.0 Å². The van der Waals surface area contributed by atoms with Gasteiger partial charge in [0.15, 0.2) is 60.7 Å². The lowest BCUT2D eigenvalue weighted by Gasteiger charge is -2.43. The summed E-state index contributed by atoms with van der Waals surface area (Å²) in [7, 11) is -6.76. The first-order valence-corrected chi connectivity index (χ1v) is 23.9. The van der Waals surface area contributed by atoms with Crippen molar-refractivity contribution in [3.63, 3.8) is 0 Å². The minimum Gasteiger partial charge on any atom is -0.381 e. The van der Waals surface area contributed by atoms with Gasteiger partial charge in [0.25, 0.3) is 0 Å². The van der Waals surface area contributed by atoms with Crippen molar-refractivity contribution < 1.29 is 70.3 Å². The minimum absolute atomic E-state index is 0.415. The second kappa shape index (κ2) is 15.5. The predicted octanol–water partition coefficient (Wildman–Crippen LogP) is 10.3. The van der Waals surface area contributed by atoms with Crippen LogP contribution in [-0.2, 0) is 4.43 Å². The van der Waals surface area contributed by atoms with Gasteiger partial charge in [0.1, 0.15) is 64.6 Å². The molecule has 0 spiro atoms. The van der Waals surface area contributed by atoms with E-state index >= 15 is 52.7 Å². The monoisotopic (exact) mass is 910 g/mol. The highest BCUT2D eigenvalue weighted by atomic mass is 31.2. The Hall–Kier alpha value is -4.28. The van der Waals surface area contributed by atoms with Gasteiger partial charge in [-0.25, -0.2) is 65.9 Å². The first-order valence-electron chi connectivity index (χ1n) is 18.6. The minimum atomic E-state index is -5.82. The molecule has 5 aromatic rings. The Morgan fingerprint density at radius 3 is 0.885 bits per heavy atom. The summed E-state index contributed by atoms with van der Waals surface area (Å²) in [6.45, 7) is 14.9. The van der Waals surface area contributed by atoms with Gasteiger partial charge in [-0.15, -0.1) is 22.7 Å². The predicted molar refractivity (Wildman–Crippen MR) is 208 cm³/mol. The molecule has 1 saturated heterocycles. The van der Waals surface area contributed by atoms with Crippen LogP contribution in [0.4, 0.5) is 65.9 Å². The Balaban J connectivity index is 1.98. The quantitative estimate of drug-likeness (QED) is 0.0471. The van der Waals surface area contributed by atoms with E-state index in [0.29, 0.717) is 44.0 Å². The number of benzene rings is 5. The van der Waals surface area contributed by atoms with Gasteiger partial charge in [0, 0.05) is 0 Å². The highest BCUT2D eigenvalue weighted by molar-refractivity contribution is 7.97. The fourth-order valence-electron chi connectivity index (χ4n) is 9.70. The fraction of sp³-hybridized carbons (Fsp3) is 0.286. The average molecular weight is 911 g/mol.